The number of aryl methyl sites for hydroxylation is 1. The Morgan fingerprint density at radius 2 is 1.47 bits per heavy atom. The number of fused-ring (bicyclic) bond motifs is 6. The number of nitrogens with two attached hydrogens (primary N) is 1. The summed E-state index contributed by atoms with van der Waals surface area (Å²) >= 11 is 0. The fourth-order valence-electron chi connectivity index (χ4n) is 10.9. The van der Waals surface area contributed by atoms with Crippen molar-refractivity contribution in [2.24, 2.45) is 17.3 Å². The molecule has 2 aromatic heterocycles. The number of hydrogen-bond acceptors (Lipinski definition) is 17. The maximum absolute atomic E-state index is 15.1. The molecule has 4 aromatic carbocycles. The first kappa shape index (κ1) is 51.3. The van der Waals surface area contributed by atoms with Gasteiger partial charge in [0, 0.05) is 11.8 Å². The van der Waals surface area contributed by atoms with E-state index in [-0.39, 0.29) is 53.9 Å². The van der Waals surface area contributed by atoms with E-state index in [0.717, 1.165) is 36.8 Å². The van der Waals surface area contributed by atoms with Gasteiger partial charge in [-0.2, -0.15) is 4.31 Å². The van der Waals surface area contributed by atoms with Crippen LogP contribution in [0.3, 0.4) is 0 Å². The Morgan fingerprint density at radius 3 is 2.16 bits per heavy atom. The molecule has 3 fully saturated rings. The minimum Gasteiger partial charge on any atom is -0.497 e. The maximum Gasteiger partial charge on any atom is 0.536 e. The van der Waals surface area contributed by atoms with Crippen molar-refractivity contribution in [3.63, 3.8) is 0 Å². The van der Waals surface area contributed by atoms with Crippen molar-refractivity contribution in [3.05, 3.63) is 144 Å². The average Bonchev–Trinajstić information content (AvgIpc) is 4.07. The molecule has 0 bridgehead atoms. The number of carbonyl (C=O) groups is 1. The predicted molar refractivity (Wildman–Crippen MR) is 264 cm³/mol. The van der Waals surface area contributed by atoms with Crippen molar-refractivity contribution in [1.29, 1.82) is 0 Å². The van der Waals surface area contributed by atoms with Crippen LogP contribution in [0.25, 0.3) is 11.2 Å². The zero-order valence-corrected chi connectivity index (χ0v) is 42.7. The number of phosphoric ester groups is 3. The standard InChI is InChI=1S/C50H56N5O15P3/c1-50-24-23-39-38-20-18-37(25-35(38)15-19-40(39)41(50)21-22-43(50)56)68-72(59,60)70-71(57,58)64-29-42-45(69-73(61,65-27-32-9-5-3-6-10-32)66-28-33-11-7-4-8-12-33)46(63-26-34-13-16-36(62-2)17-14-34)49(67-42)55-31-54-44-47(51)52-30-53-48(44)55/h3-14,16-18,20,25,30-31,39-42,45-46,49H,15,19,21-24,26-29H2,1-2H3,(H,57,58)(H,59,60)(H2,51,52,53)/t39-,40-,41+,42-,45-,46-,49-,50+/m1/s1. The Hall–Kier alpha value is -5.17. The Balaban J connectivity index is 0.916. The summed E-state index contributed by atoms with van der Waals surface area (Å²) in [6, 6.07) is 29.9. The SMILES string of the molecule is COc1ccc(CO[C@@H]2[C@H](OP(=O)(OCc3ccccc3)OCc3ccccc3)[C@@H](COP(=O)(O)OP(=O)(O)Oc3ccc4c(c3)CC[C@@H]3[C@@H]4CC[C@]4(C)C(=O)CC[C@@H]34)O[C@H]2n2cnc3c(N)ncnc32)cc1. The summed E-state index contributed by atoms with van der Waals surface area (Å²) in [5.74, 6) is 1.88. The van der Waals surface area contributed by atoms with Crippen LogP contribution in [-0.2, 0) is 76.6 Å². The van der Waals surface area contributed by atoms with E-state index in [1.807, 2.05) is 18.2 Å². The first-order valence-electron chi connectivity index (χ1n) is 23.9. The summed E-state index contributed by atoms with van der Waals surface area (Å²) in [6.07, 6.45) is 1.78. The van der Waals surface area contributed by atoms with Crippen LogP contribution in [-0.4, -0.2) is 67.1 Å². The van der Waals surface area contributed by atoms with E-state index in [0.29, 0.717) is 52.9 Å². The highest BCUT2D eigenvalue weighted by atomic mass is 31.3. The zero-order chi connectivity index (χ0) is 51.0. The highest BCUT2D eigenvalue weighted by Gasteiger charge is 2.55. The largest absolute Gasteiger partial charge is 0.536 e. The van der Waals surface area contributed by atoms with Gasteiger partial charge in [0.1, 0.15) is 47.4 Å². The van der Waals surface area contributed by atoms with Gasteiger partial charge in [-0.3, -0.25) is 32.4 Å². The third-order valence-electron chi connectivity index (χ3n) is 14.5. The molecule has 2 saturated carbocycles. The first-order chi connectivity index (χ1) is 35.1. The maximum atomic E-state index is 15.1. The van der Waals surface area contributed by atoms with E-state index in [9.17, 15) is 23.7 Å². The highest BCUT2D eigenvalue weighted by molar-refractivity contribution is 7.61. The molecule has 4 N–H and O–H groups in total. The molecule has 1 aliphatic heterocycles. The number of carbonyl (C=O) groups excluding carboxylic acids is 1. The van der Waals surface area contributed by atoms with Gasteiger partial charge in [0.15, 0.2) is 17.7 Å². The van der Waals surface area contributed by atoms with Gasteiger partial charge in [0.25, 0.3) is 0 Å². The van der Waals surface area contributed by atoms with Gasteiger partial charge in [0.2, 0.25) is 0 Å². The van der Waals surface area contributed by atoms with Crippen LogP contribution in [0.5, 0.6) is 11.5 Å². The number of aromatic nitrogens is 4. The van der Waals surface area contributed by atoms with Crippen molar-refractivity contribution < 1.29 is 69.4 Å². The number of nitrogens with zero attached hydrogens (tertiary/aromatic N) is 4. The number of rotatable bonds is 20. The lowest BCUT2D eigenvalue weighted by molar-refractivity contribution is -0.129. The molecule has 0 amide bonds. The van der Waals surface area contributed by atoms with E-state index in [4.69, 9.17) is 46.9 Å². The molecule has 2 unspecified atom stereocenters. The Kier molecular flexibility index (Phi) is 14.9. The fourth-order valence-corrected chi connectivity index (χ4v) is 14.3. The van der Waals surface area contributed by atoms with Gasteiger partial charge >= 0.3 is 23.5 Å². The normalized spacial score (nSPS) is 26.4. The number of Topliss-reactive ketones (excluding diaryl/α,β-unsaturated/α-hetero) is 1. The molecular weight excluding hydrogens is 1000 g/mol. The third kappa shape index (κ3) is 11.3. The molecule has 386 valence electrons. The lowest BCUT2D eigenvalue weighted by atomic mass is 9.55. The topological polar surface area (TPSA) is 261 Å². The number of ketones is 1. The van der Waals surface area contributed by atoms with Gasteiger partial charge in [-0.1, -0.05) is 85.8 Å². The van der Waals surface area contributed by atoms with Gasteiger partial charge in [-0.15, -0.1) is 0 Å². The lowest BCUT2D eigenvalue weighted by Crippen LogP contribution is -2.42. The molecule has 1 saturated heterocycles. The molecular formula is C50H56N5O15P3. The molecule has 3 heterocycles. The quantitative estimate of drug-likeness (QED) is 0.0601. The number of ether oxygens (including phenoxy) is 3. The van der Waals surface area contributed by atoms with Crippen LogP contribution in [0.4, 0.5) is 5.82 Å². The molecule has 10 atom stereocenters. The highest BCUT2D eigenvalue weighted by Crippen LogP contribution is 2.63. The summed E-state index contributed by atoms with van der Waals surface area (Å²) in [5.41, 5.74) is 10.3. The monoisotopic (exact) mass is 1060 g/mol. The summed E-state index contributed by atoms with van der Waals surface area (Å²) in [4.78, 5) is 47.8. The van der Waals surface area contributed by atoms with Crippen molar-refractivity contribution in [2.45, 2.75) is 95.7 Å². The van der Waals surface area contributed by atoms with E-state index in [2.05, 4.69) is 21.9 Å². The molecule has 4 aliphatic rings. The summed E-state index contributed by atoms with van der Waals surface area (Å²) in [5, 5.41) is 0. The Bertz CT molecular complexity index is 3030. The number of nitrogen functional groups attached to an aromatic ring is 1. The number of benzene rings is 4. The zero-order valence-electron chi connectivity index (χ0n) is 40.0. The minimum atomic E-state index is -5.51. The smallest absolute Gasteiger partial charge is 0.497 e. The van der Waals surface area contributed by atoms with Crippen LogP contribution < -0.4 is 15.0 Å². The number of methoxy groups -OCH3 is 1. The summed E-state index contributed by atoms with van der Waals surface area (Å²) in [6.45, 7) is 0.709. The van der Waals surface area contributed by atoms with Gasteiger partial charge in [0.05, 0.1) is 39.9 Å². The summed E-state index contributed by atoms with van der Waals surface area (Å²) < 4.78 is 96.5. The van der Waals surface area contributed by atoms with Crippen LogP contribution in [0.15, 0.2) is 116 Å². The second-order valence-electron chi connectivity index (χ2n) is 18.9. The molecule has 73 heavy (non-hydrogen) atoms. The fraction of sp³-hybridized carbons (Fsp3) is 0.400. The van der Waals surface area contributed by atoms with E-state index in [1.165, 1.54) is 30.4 Å². The van der Waals surface area contributed by atoms with E-state index < -0.39 is 54.6 Å². The van der Waals surface area contributed by atoms with Crippen molar-refractivity contribution in [2.75, 3.05) is 19.5 Å². The minimum absolute atomic E-state index is 0.0502. The van der Waals surface area contributed by atoms with Gasteiger partial charge < -0.3 is 29.4 Å². The first-order valence-corrected chi connectivity index (χ1v) is 28.4. The average molecular weight is 1060 g/mol. The number of hydrogen-bond donors (Lipinski definition) is 3. The second kappa shape index (κ2) is 21.2. The van der Waals surface area contributed by atoms with Crippen molar-refractivity contribution >= 4 is 46.2 Å². The molecule has 3 aliphatic carbocycles. The molecule has 6 aromatic rings. The summed E-state index contributed by atoms with van der Waals surface area (Å²) in [7, 11) is -14.0. The molecule has 0 radical (unpaired) electrons. The Labute approximate surface area is 421 Å². The second-order valence-corrected chi connectivity index (χ2v) is 23.5. The third-order valence-corrected chi connectivity index (χ3v) is 18.5. The number of phosphoric acid groups is 3. The van der Waals surface area contributed by atoms with Crippen LogP contribution in [0.1, 0.15) is 79.0 Å². The van der Waals surface area contributed by atoms with Crippen molar-refractivity contribution in [3.8, 4) is 11.5 Å². The van der Waals surface area contributed by atoms with Crippen LogP contribution >= 0.6 is 23.5 Å². The van der Waals surface area contributed by atoms with Gasteiger partial charge in [-0.25, -0.2) is 28.6 Å². The molecule has 23 heteroatoms. The van der Waals surface area contributed by atoms with Gasteiger partial charge in [-0.05, 0) is 102 Å². The Morgan fingerprint density at radius 1 is 0.781 bits per heavy atom. The van der Waals surface area contributed by atoms with Crippen molar-refractivity contribution in [1.82, 2.24) is 19.5 Å². The number of imidazole rings is 1. The lowest BCUT2D eigenvalue weighted by Gasteiger charge is -2.48. The predicted octanol–water partition coefficient (Wildman–Crippen LogP) is 9.57. The molecule has 10 rings (SSSR count). The molecule has 0 spiro atoms. The van der Waals surface area contributed by atoms with E-state index >= 15 is 4.57 Å². The van der Waals surface area contributed by atoms with E-state index in [1.54, 1.807) is 78.9 Å². The van der Waals surface area contributed by atoms with Crippen LogP contribution in [0.2, 0.25) is 0 Å². The van der Waals surface area contributed by atoms with Crippen LogP contribution in [0, 0.1) is 17.3 Å². The molecule has 20 nitrogen and oxygen atoms in total. The number of anilines is 1.